The van der Waals surface area contributed by atoms with Gasteiger partial charge in [-0.15, -0.1) is 0 Å². The molecule has 1 unspecified atom stereocenters. The van der Waals surface area contributed by atoms with E-state index in [0.29, 0.717) is 18.5 Å². The number of hydrogen-bond donors (Lipinski definition) is 1. The molecule has 2 fully saturated rings. The molecule has 0 aromatic heterocycles. The zero-order chi connectivity index (χ0) is 13.7. The fourth-order valence-electron chi connectivity index (χ4n) is 3.70. The minimum atomic E-state index is -0.657. The lowest BCUT2D eigenvalue weighted by Crippen LogP contribution is -2.47. The van der Waals surface area contributed by atoms with Gasteiger partial charge in [-0.1, -0.05) is 19.3 Å². The van der Waals surface area contributed by atoms with Crippen LogP contribution < -0.4 is 0 Å². The molecule has 1 aliphatic carbocycles. The maximum atomic E-state index is 10.9. The number of rotatable bonds is 4. The molecule has 1 aliphatic heterocycles. The third-order valence-electron chi connectivity index (χ3n) is 4.68. The summed E-state index contributed by atoms with van der Waals surface area (Å²) in [6.45, 7) is 3.33. The van der Waals surface area contributed by atoms with Crippen molar-refractivity contribution in [3.63, 3.8) is 0 Å². The van der Waals surface area contributed by atoms with E-state index >= 15 is 0 Å². The van der Waals surface area contributed by atoms with E-state index in [2.05, 4.69) is 16.8 Å². The molecule has 110 valence electrons. The van der Waals surface area contributed by atoms with Crippen LogP contribution in [0.4, 0.5) is 0 Å². The standard InChI is InChI=1S/C15H28N2O2/c1-16-10-5-11-17(13-6-3-2-4-7-13)14(12-16)8-9-15(18)19/h13-14H,2-12H2,1H3,(H,18,19). The van der Waals surface area contributed by atoms with Crippen molar-refractivity contribution in [1.29, 1.82) is 0 Å². The molecule has 0 amide bonds. The largest absolute Gasteiger partial charge is 0.481 e. The lowest BCUT2D eigenvalue weighted by Gasteiger charge is -2.39. The molecule has 1 heterocycles. The van der Waals surface area contributed by atoms with Crippen LogP contribution in [-0.2, 0) is 4.79 Å². The topological polar surface area (TPSA) is 43.8 Å². The Balaban J connectivity index is 1.99. The Labute approximate surface area is 116 Å². The van der Waals surface area contributed by atoms with Crippen LogP contribution in [0.25, 0.3) is 0 Å². The lowest BCUT2D eigenvalue weighted by molar-refractivity contribution is -0.137. The normalized spacial score (nSPS) is 28.2. The van der Waals surface area contributed by atoms with Crippen LogP contribution in [0.5, 0.6) is 0 Å². The van der Waals surface area contributed by atoms with Gasteiger partial charge in [0.05, 0.1) is 0 Å². The summed E-state index contributed by atoms with van der Waals surface area (Å²) in [6, 6.07) is 1.14. The summed E-state index contributed by atoms with van der Waals surface area (Å²) in [5.41, 5.74) is 0. The molecule has 2 aliphatic rings. The summed E-state index contributed by atoms with van der Waals surface area (Å²) in [4.78, 5) is 15.9. The number of carbonyl (C=O) groups is 1. The number of carboxylic acid groups (broad SMARTS) is 1. The Morgan fingerprint density at radius 2 is 1.89 bits per heavy atom. The van der Waals surface area contributed by atoms with Crippen molar-refractivity contribution in [3.05, 3.63) is 0 Å². The first kappa shape index (κ1) is 14.8. The van der Waals surface area contributed by atoms with E-state index in [-0.39, 0.29) is 0 Å². The van der Waals surface area contributed by atoms with Gasteiger partial charge in [0.25, 0.3) is 0 Å². The van der Waals surface area contributed by atoms with Gasteiger partial charge in [-0.3, -0.25) is 9.69 Å². The molecule has 1 saturated heterocycles. The Morgan fingerprint density at radius 3 is 2.58 bits per heavy atom. The zero-order valence-corrected chi connectivity index (χ0v) is 12.2. The summed E-state index contributed by atoms with van der Waals surface area (Å²) in [5, 5.41) is 8.94. The zero-order valence-electron chi connectivity index (χ0n) is 12.2. The van der Waals surface area contributed by atoms with Gasteiger partial charge in [0.2, 0.25) is 0 Å². The first-order valence-corrected chi connectivity index (χ1v) is 7.83. The van der Waals surface area contributed by atoms with Crippen LogP contribution in [0.1, 0.15) is 51.4 Å². The van der Waals surface area contributed by atoms with Crippen LogP contribution in [0.2, 0.25) is 0 Å². The first-order valence-electron chi connectivity index (χ1n) is 7.83. The molecule has 1 atom stereocenters. The second-order valence-corrected chi connectivity index (χ2v) is 6.23. The lowest BCUT2D eigenvalue weighted by atomic mass is 9.92. The maximum absolute atomic E-state index is 10.9. The summed E-state index contributed by atoms with van der Waals surface area (Å²) >= 11 is 0. The summed E-state index contributed by atoms with van der Waals surface area (Å²) in [5.74, 6) is -0.657. The molecule has 0 radical (unpaired) electrons. The quantitative estimate of drug-likeness (QED) is 0.849. The predicted molar refractivity (Wildman–Crippen MR) is 76.4 cm³/mol. The highest BCUT2D eigenvalue weighted by atomic mass is 16.4. The molecule has 2 rings (SSSR count). The molecule has 1 saturated carbocycles. The van der Waals surface area contributed by atoms with Gasteiger partial charge in [0.1, 0.15) is 0 Å². The second kappa shape index (κ2) is 7.25. The third-order valence-corrected chi connectivity index (χ3v) is 4.68. The molecule has 0 bridgehead atoms. The monoisotopic (exact) mass is 268 g/mol. The average Bonchev–Trinajstić information content (AvgIpc) is 2.59. The Kier molecular flexibility index (Phi) is 5.64. The number of aliphatic carboxylic acids is 1. The second-order valence-electron chi connectivity index (χ2n) is 6.23. The highest BCUT2D eigenvalue weighted by Crippen LogP contribution is 2.27. The first-order chi connectivity index (χ1) is 9.16. The van der Waals surface area contributed by atoms with Crippen molar-refractivity contribution < 1.29 is 9.90 Å². The smallest absolute Gasteiger partial charge is 0.303 e. The minimum absolute atomic E-state index is 0.307. The molecule has 19 heavy (non-hydrogen) atoms. The predicted octanol–water partition coefficient (Wildman–Crippen LogP) is 2.19. The SMILES string of the molecule is CN1CCCN(C2CCCCC2)C(CCC(=O)O)C1. The van der Waals surface area contributed by atoms with E-state index in [4.69, 9.17) is 5.11 Å². The van der Waals surface area contributed by atoms with Crippen molar-refractivity contribution in [3.8, 4) is 0 Å². The summed E-state index contributed by atoms with van der Waals surface area (Å²) in [6.07, 6.45) is 9.03. The van der Waals surface area contributed by atoms with Gasteiger partial charge in [-0.05, 0) is 45.8 Å². The van der Waals surface area contributed by atoms with Crippen molar-refractivity contribution in [2.75, 3.05) is 26.7 Å². The van der Waals surface area contributed by atoms with E-state index in [0.717, 1.165) is 26.1 Å². The van der Waals surface area contributed by atoms with Gasteiger partial charge in [-0.2, -0.15) is 0 Å². The fraction of sp³-hybridized carbons (Fsp3) is 0.933. The number of nitrogens with zero attached hydrogens (tertiary/aromatic N) is 2. The maximum Gasteiger partial charge on any atom is 0.303 e. The van der Waals surface area contributed by atoms with Crippen LogP contribution in [0.3, 0.4) is 0 Å². The van der Waals surface area contributed by atoms with E-state index in [1.165, 1.54) is 38.5 Å². The van der Waals surface area contributed by atoms with Gasteiger partial charge < -0.3 is 10.0 Å². The van der Waals surface area contributed by atoms with Crippen molar-refractivity contribution in [2.24, 2.45) is 0 Å². The van der Waals surface area contributed by atoms with Crippen molar-refractivity contribution in [2.45, 2.75) is 63.5 Å². The molecular formula is C15H28N2O2. The van der Waals surface area contributed by atoms with E-state index in [9.17, 15) is 4.79 Å². The molecule has 0 aromatic carbocycles. The van der Waals surface area contributed by atoms with Crippen LogP contribution in [0, 0.1) is 0 Å². The number of hydrogen-bond acceptors (Lipinski definition) is 3. The number of likely N-dealkylation sites (N-methyl/N-ethyl adjacent to an activating group) is 1. The highest BCUT2D eigenvalue weighted by molar-refractivity contribution is 5.66. The average molecular weight is 268 g/mol. The molecule has 4 heteroatoms. The van der Waals surface area contributed by atoms with E-state index in [1.54, 1.807) is 0 Å². The van der Waals surface area contributed by atoms with Gasteiger partial charge in [0, 0.05) is 25.0 Å². The Hall–Kier alpha value is -0.610. The van der Waals surface area contributed by atoms with Gasteiger partial charge >= 0.3 is 5.97 Å². The molecule has 1 N–H and O–H groups in total. The summed E-state index contributed by atoms with van der Waals surface area (Å²) < 4.78 is 0. The molecule has 0 spiro atoms. The van der Waals surface area contributed by atoms with E-state index in [1.807, 2.05) is 0 Å². The van der Waals surface area contributed by atoms with Gasteiger partial charge in [-0.25, -0.2) is 0 Å². The third kappa shape index (κ3) is 4.46. The minimum Gasteiger partial charge on any atom is -0.481 e. The van der Waals surface area contributed by atoms with Crippen molar-refractivity contribution >= 4 is 5.97 Å². The highest BCUT2D eigenvalue weighted by Gasteiger charge is 2.30. The van der Waals surface area contributed by atoms with Crippen LogP contribution >= 0.6 is 0 Å². The van der Waals surface area contributed by atoms with Crippen LogP contribution in [-0.4, -0.2) is 59.6 Å². The summed E-state index contributed by atoms with van der Waals surface area (Å²) in [7, 11) is 2.16. The Morgan fingerprint density at radius 1 is 1.16 bits per heavy atom. The molecule has 0 aromatic rings. The Bertz CT molecular complexity index is 290. The van der Waals surface area contributed by atoms with E-state index < -0.39 is 5.97 Å². The number of carboxylic acids is 1. The van der Waals surface area contributed by atoms with Crippen molar-refractivity contribution in [1.82, 2.24) is 9.80 Å². The van der Waals surface area contributed by atoms with Crippen LogP contribution in [0.15, 0.2) is 0 Å². The molecule has 4 nitrogen and oxygen atoms in total. The molecular weight excluding hydrogens is 240 g/mol. The fourth-order valence-corrected chi connectivity index (χ4v) is 3.70. The van der Waals surface area contributed by atoms with Gasteiger partial charge in [0.15, 0.2) is 0 Å².